The molecule has 1 atom stereocenters. The minimum atomic E-state index is -0.810. The van der Waals surface area contributed by atoms with E-state index in [1.807, 2.05) is 19.9 Å². The van der Waals surface area contributed by atoms with Crippen molar-refractivity contribution in [3.05, 3.63) is 58.2 Å². The Hall–Kier alpha value is -3.17. The third-order valence-electron chi connectivity index (χ3n) is 6.69. The summed E-state index contributed by atoms with van der Waals surface area (Å²) in [4.78, 5) is 43.3. The zero-order valence-corrected chi connectivity index (χ0v) is 23.2. The maximum atomic E-state index is 12.9. The summed E-state index contributed by atoms with van der Waals surface area (Å²) in [5.41, 5.74) is 1.26. The summed E-state index contributed by atoms with van der Waals surface area (Å²) in [6, 6.07) is 8.93. The molecule has 9 nitrogen and oxygen atoms in total. The molecule has 1 aliphatic rings. The van der Waals surface area contributed by atoms with Crippen LogP contribution in [0, 0.1) is 12.3 Å². The van der Waals surface area contributed by atoms with Gasteiger partial charge in [-0.1, -0.05) is 30.7 Å². The lowest BCUT2D eigenvalue weighted by molar-refractivity contribution is -0.148. The molecule has 3 N–H and O–H groups in total. The van der Waals surface area contributed by atoms with Gasteiger partial charge in [-0.2, -0.15) is 0 Å². The normalized spacial score (nSPS) is 15.5. The number of hydrogen-bond acceptors (Lipinski definition) is 6. The first-order valence-electron chi connectivity index (χ1n) is 12.9. The second-order valence-electron chi connectivity index (χ2n) is 10.4. The Labute approximate surface area is 228 Å². The third kappa shape index (κ3) is 8.16. The number of pyridine rings is 1. The van der Waals surface area contributed by atoms with Gasteiger partial charge in [0.2, 0.25) is 5.88 Å². The minimum Gasteiger partial charge on any atom is -0.481 e. The lowest BCUT2D eigenvalue weighted by Gasteiger charge is -2.35. The second kappa shape index (κ2) is 13.1. The SMILES string of the molecule is CC[C@@H](Oc1ncc(Cl)cc1C)C(=O)NCc1cccc(C(=O)NC2CCN(CC(C)(C)C(=O)O)CC2)c1. The Bertz CT molecular complexity index is 1150. The van der Waals surface area contributed by atoms with Gasteiger partial charge in [0.15, 0.2) is 6.10 Å². The van der Waals surface area contributed by atoms with Crippen LogP contribution in [0.2, 0.25) is 5.02 Å². The van der Waals surface area contributed by atoms with Gasteiger partial charge in [-0.15, -0.1) is 0 Å². The molecule has 0 aliphatic carbocycles. The van der Waals surface area contributed by atoms with Crippen LogP contribution in [0.4, 0.5) is 0 Å². The molecule has 1 aromatic carbocycles. The fourth-order valence-corrected chi connectivity index (χ4v) is 4.58. The zero-order chi connectivity index (χ0) is 27.9. The number of rotatable bonds is 11. The smallest absolute Gasteiger partial charge is 0.310 e. The van der Waals surface area contributed by atoms with E-state index in [0.29, 0.717) is 29.4 Å². The number of aromatic nitrogens is 1. The van der Waals surface area contributed by atoms with Crippen LogP contribution in [-0.4, -0.2) is 64.6 Å². The van der Waals surface area contributed by atoms with Crippen molar-refractivity contribution in [2.75, 3.05) is 19.6 Å². The van der Waals surface area contributed by atoms with Crippen LogP contribution in [0.1, 0.15) is 61.5 Å². The molecular formula is C28H37ClN4O5. The van der Waals surface area contributed by atoms with Crippen molar-refractivity contribution in [1.29, 1.82) is 0 Å². The number of piperidine rings is 1. The number of carbonyl (C=O) groups is 3. The van der Waals surface area contributed by atoms with Crippen molar-refractivity contribution in [2.45, 2.75) is 65.6 Å². The molecule has 3 rings (SSSR count). The van der Waals surface area contributed by atoms with E-state index in [0.717, 1.165) is 37.1 Å². The average molecular weight is 545 g/mol. The first-order chi connectivity index (χ1) is 18.0. The van der Waals surface area contributed by atoms with Crippen molar-refractivity contribution in [3.63, 3.8) is 0 Å². The summed E-state index contributed by atoms with van der Waals surface area (Å²) in [5.74, 6) is -0.875. The molecule has 1 saturated heterocycles. The van der Waals surface area contributed by atoms with E-state index in [2.05, 4.69) is 20.5 Å². The summed E-state index contributed by atoms with van der Waals surface area (Å²) in [7, 11) is 0. The van der Waals surface area contributed by atoms with Crippen LogP contribution in [0.5, 0.6) is 5.88 Å². The number of aryl methyl sites for hydroxylation is 1. The molecule has 0 bridgehead atoms. The lowest BCUT2D eigenvalue weighted by atomic mass is 9.91. The van der Waals surface area contributed by atoms with E-state index < -0.39 is 17.5 Å². The molecule has 38 heavy (non-hydrogen) atoms. The summed E-state index contributed by atoms with van der Waals surface area (Å²) in [5, 5.41) is 15.8. The van der Waals surface area contributed by atoms with Gasteiger partial charge in [-0.05, 0) is 63.8 Å². The lowest BCUT2D eigenvalue weighted by Crippen LogP contribution is -2.48. The van der Waals surface area contributed by atoms with E-state index in [-0.39, 0.29) is 24.4 Å². The third-order valence-corrected chi connectivity index (χ3v) is 6.90. The minimum absolute atomic E-state index is 0.0300. The number of carboxylic acid groups (broad SMARTS) is 1. The van der Waals surface area contributed by atoms with Gasteiger partial charge in [-0.3, -0.25) is 14.4 Å². The van der Waals surface area contributed by atoms with Gasteiger partial charge < -0.3 is 25.4 Å². The Morgan fingerprint density at radius 1 is 1.24 bits per heavy atom. The molecular weight excluding hydrogens is 508 g/mol. The van der Waals surface area contributed by atoms with Crippen molar-refractivity contribution >= 4 is 29.4 Å². The number of nitrogens with zero attached hydrogens (tertiary/aromatic N) is 2. The van der Waals surface area contributed by atoms with Gasteiger partial charge in [-0.25, -0.2) is 4.98 Å². The molecule has 1 aliphatic heterocycles. The first-order valence-corrected chi connectivity index (χ1v) is 13.3. The topological polar surface area (TPSA) is 121 Å². The number of carbonyl (C=O) groups excluding carboxylic acids is 2. The summed E-state index contributed by atoms with van der Waals surface area (Å²) >= 11 is 5.95. The fraction of sp³-hybridized carbons (Fsp3) is 0.500. The number of amides is 2. The molecule has 2 heterocycles. The maximum absolute atomic E-state index is 12.9. The largest absolute Gasteiger partial charge is 0.481 e. The number of aliphatic carboxylic acids is 1. The molecule has 0 unspecified atom stereocenters. The van der Waals surface area contributed by atoms with Crippen molar-refractivity contribution in [3.8, 4) is 5.88 Å². The summed E-state index contributed by atoms with van der Waals surface area (Å²) in [6.45, 7) is 9.34. The van der Waals surface area contributed by atoms with E-state index >= 15 is 0 Å². The Balaban J connectivity index is 1.50. The van der Waals surface area contributed by atoms with E-state index in [1.54, 1.807) is 38.1 Å². The highest BCUT2D eigenvalue weighted by molar-refractivity contribution is 6.30. The van der Waals surface area contributed by atoms with E-state index in [4.69, 9.17) is 16.3 Å². The number of benzene rings is 1. The maximum Gasteiger partial charge on any atom is 0.310 e. The molecule has 1 aromatic heterocycles. The van der Waals surface area contributed by atoms with Gasteiger partial charge in [0.05, 0.1) is 10.4 Å². The molecule has 0 radical (unpaired) electrons. The van der Waals surface area contributed by atoms with Crippen LogP contribution in [-0.2, 0) is 16.1 Å². The molecule has 10 heteroatoms. The predicted molar refractivity (Wildman–Crippen MR) is 145 cm³/mol. The second-order valence-corrected chi connectivity index (χ2v) is 10.9. The fourth-order valence-electron chi connectivity index (χ4n) is 4.36. The first kappa shape index (κ1) is 29.4. The van der Waals surface area contributed by atoms with Gasteiger partial charge in [0, 0.05) is 49.5 Å². The van der Waals surface area contributed by atoms with Crippen LogP contribution in [0.25, 0.3) is 0 Å². The Kier molecular flexibility index (Phi) is 10.1. The number of halogens is 1. The van der Waals surface area contributed by atoms with Gasteiger partial charge in [0.1, 0.15) is 0 Å². The highest BCUT2D eigenvalue weighted by atomic mass is 35.5. The standard InChI is InChI=1S/C28H37ClN4O5/c1-5-23(38-26-18(2)13-21(29)16-31-26)25(35)30-15-19-7-6-8-20(14-19)24(34)32-22-9-11-33(12-10-22)17-28(3,4)27(36)37/h6-8,13-14,16,22-23H,5,9-12,15,17H2,1-4H3,(H,30,35)(H,32,34)(H,36,37)/t23-/m1/s1. The van der Waals surface area contributed by atoms with Crippen molar-refractivity contribution in [1.82, 2.24) is 20.5 Å². The molecule has 0 saturated carbocycles. The molecule has 0 spiro atoms. The van der Waals surface area contributed by atoms with Crippen molar-refractivity contribution in [2.24, 2.45) is 5.41 Å². The van der Waals surface area contributed by atoms with E-state index in [9.17, 15) is 19.5 Å². The summed E-state index contributed by atoms with van der Waals surface area (Å²) in [6.07, 6.45) is 2.76. The van der Waals surface area contributed by atoms with Crippen LogP contribution < -0.4 is 15.4 Å². The Morgan fingerprint density at radius 3 is 2.58 bits per heavy atom. The van der Waals surface area contributed by atoms with Gasteiger partial charge in [0.25, 0.3) is 11.8 Å². The molecule has 1 fully saturated rings. The van der Waals surface area contributed by atoms with Crippen LogP contribution >= 0.6 is 11.6 Å². The number of hydrogen-bond donors (Lipinski definition) is 3. The quantitative estimate of drug-likeness (QED) is 0.393. The molecule has 2 aromatic rings. The summed E-state index contributed by atoms with van der Waals surface area (Å²) < 4.78 is 5.81. The molecule has 206 valence electrons. The highest BCUT2D eigenvalue weighted by Crippen LogP contribution is 2.22. The van der Waals surface area contributed by atoms with Crippen molar-refractivity contribution < 1.29 is 24.2 Å². The highest BCUT2D eigenvalue weighted by Gasteiger charge is 2.31. The Morgan fingerprint density at radius 2 is 1.95 bits per heavy atom. The van der Waals surface area contributed by atoms with E-state index in [1.165, 1.54) is 6.20 Å². The zero-order valence-electron chi connectivity index (χ0n) is 22.4. The average Bonchev–Trinajstić information content (AvgIpc) is 2.88. The number of nitrogens with one attached hydrogen (secondary N) is 2. The van der Waals surface area contributed by atoms with Crippen LogP contribution in [0.3, 0.4) is 0 Å². The van der Waals surface area contributed by atoms with Gasteiger partial charge >= 0.3 is 5.97 Å². The monoisotopic (exact) mass is 544 g/mol. The number of likely N-dealkylation sites (tertiary alicyclic amines) is 1. The number of ether oxygens (including phenoxy) is 1. The molecule has 2 amide bonds. The number of carboxylic acids is 1. The predicted octanol–water partition coefficient (Wildman–Crippen LogP) is 3.82. The van der Waals surface area contributed by atoms with Crippen LogP contribution in [0.15, 0.2) is 36.5 Å².